The molecule has 6 nitrogen and oxygen atoms in total. The van der Waals surface area contributed by atoms with Crippen molar-refractivity contribution in [3.63, 3.8) is 0 Å². The molecule has 0 unspecified atom stereocenters. The van der Waals surface area contributed by atoms with Crippen molar-refractivity contribution in [2.45, 2.75) is 25.6 Å². The van der Waals surface area contributed by atoms with Crippen LogP contribution in [-0.2, 0) is 6.61 Å². The first-order valence-corrected chi connectivity index (χ1v) is 9.09. The molecule has 0 saturated heterocycles. The summed E-state index contributed by atoms with van der Waals surface area (Å²) in [6.45, 7) is 4.20. The van der Waals surface area contributed by atoms with E-state index in [-0.39, 0.29) is 0 Å². The van der Waals surface area contributed by atoms with Crippen molar-refractivity contribution in [2.24, 2.45) is 5.10 Å². The summed E-state index contributed by atoms with van der Waals surface area (Å²) in [5, 5.41) is 13.8. The molecule has 0 atom stereocenters. The zero-order valence-corrected chi connectivity index (χ0v) is 15.4. The lowest BCUT2D eigenvalue weighted by Gasteiger charge is -2.05. The molecule has 2 heterocycles. The summed E-state index contributed by atoms with van der Waals surface area (Å²) in [5.41, 5.74) is 0. The average Bonchev–Trinajstić information content (AvgIpc) is 3.20. The molecule has 0 saturated carbocycles. The maximum atomic E-state index is 6.06. The third-order valence-corrected chi connectivity index (χ3v) is 4.34. The van der Waals surface area contributed by atoms with Gasteiger partial charge in [-0.3, -0.25) is 0 Å². The highest BCUT2D eigenvalue weighted by Crippen LogP contribution is 2.24. The average molecular weight is 377 g/mol. The van der Waals surface area contributed by atoms with Gasteiger partial charge in [0, 0.05) is 0 Å². The number of thioether (sulfide) groups is 1. The van der Waals surface area contributed by atoms with Crippen molar-refractivity contribution in [1.29, 1.82) is 0 Å². The highest BCUT2D eigenvalue weighted by Gasteiger charge is 2.08. The second kappa shape index (κ2) is 8.22. The van der Waals surface area contributed by atoms with Gasteiger partial charge in [0.1, 0.15) is 23.9 Å². The van der Waals surface area contributed by atoms with Gasteiger partial charge in [0.15, 0.2) is 5.82 Å². The third-order valence-electron chi connectivity index (χ3n) is 3.23. The van der Waals surface area contributed by atoms with E-state index in [4.69, 9.17) is 20.8 Å². The van der Waals surface area contributed by atoms with Gasteiger partial charge in [-0.15, -0.1) is 10.2 Å². The van der Waals surface area contributed by atoms with Gasteiger partial charge < -0.3 is 9.15 Å². The number of aromatic nitrogens is 3. The summed E-state index contributed by atoms with van der Waals surface area (Å²) in [6.07, 6.45) is 1.63. The second-order valence-corrected chi connectivity index (χ2v) is 6.68. The Hall–Kier alpha value is -2.25. The zero-order chi connectivity index (χ0) is 17.6. The van der Waals surface area contributed by atoms with Crippen molar-refractivity contribution >= 4 is 29.6 Å². The molecule has 0 bridgehead atoms. The largest absolute Gasteiger partial charge is 0.484 e. The van der Waals surface area contributed by atoms with E-state index in [0.717, 1.165) is 16.7 Å². The molecule has 25 heavy (non-hydrogen) atoms. The van der Waals surface area contributed by atoms with Crippen LogP contribution in [0.15, 0.2) is 51.1 Å². The number of hydrogen-bond acceptors (Lipinski definition) is 6. The Labute approximate surface area is 154 Å². The summed E-state index contributed by atoms with van der Waals surface area (Å²) >= 11 is 7.65. The van der Waals surface area contributed by atoms with E-state index in [1.165, 1.54) is 0 Å². The van der Waals surface area contributed by atoms with Crippen molar-refractivity contribution in [3.8, 4) is 5.75 Å². The molecule has 0 spiro atoms. The Morgan fingerprint density at radius 1 is 1.28 bits per heavy atom. The lowest BCUT2D eigenvalue weighted by molar-refractivity contribution is 0.270. The van der Waals surface area contributed by atoms with Crippen molar-refractivity contribution in [1.82, 2.24) is 14.9 Å². The minimum Gasteiger partial charge on any atom is -0.484 e. The van der Waals surface area contributed by atoms with Crippen LogP contribution in [0.25, 0.3) is 0 Å². The van der Waals surface area contributed by atoms with E-state index in [0.29, 0.717) is 28.9 Å². The molecule has 1 aromatic carbocycles. The lowest BCUT2D eigenvalue weighted by atomic mass is 10.3. The van der Waals surface area contributed by atoms with Crippen LogP contribution in [0.1, 0.15) is 24.3 Å². The molecule has 0 aliphatic rings. The van der Waals surface area contributed by atoms with Gasteiger partial charge in [0.2, 0.25) is 5.16 Å². The number of ether oxygens (including phenoxy) is 1. The number of benzene rings is 1. The van der Waals surface area contributed by atoms with Crippen molar-refractivity contribution in [2.75, 3.05) is 5.75 Å². The van der Waals surface area contributed by atoms with E-state index in [2.05, 4.69) is 22.2 Å². The van der Waals surface area contributed by atoms with Crippen molar-refractivity contribution in [3.05, 3.63) is 58.8 Å². The van der Waals surface area contributed by atoms with Crippen LogP contribution in [0.2, 0.25) is 5.02 Å². The Balaban J connectivity index is 1.66. The highest BCUT2D eigenvalue weighted by atomic mass is 35.5. The lowest BCUT2D eigenvalue weighted by Crippen LogP contribution is -1.96. The Morgan fingerprint density at radius 3 is 2.92 bits per heavy atom. The standard InChI is InChI=1S/C17H17ClN4O2S/c1-3-25-17-21-20-12(2)22(17)19-10-13-8-9-14(24-13)11-23-16-7-5-4-6-15(16)18/h4-10H,3,11H2,1-2H3/b19-10+. The van der Waals surface area contributed by atoms with E-state index < -0.39 is 0 Å². The molecule has 8 heteroatoms. The van der Waals surface area contributed by atoms with Gasteiger partial charge in [-0.25, -0.2) is 0 Å². The number of rotatable bonds is 7. The minimum atomic E-state index is 0.292. The second-order valence-electron chi connectivity index (χ2n) is 5.04. The molecule has 0 aliphatic carbocycles. The third kappa shape index (κ3) is 4.43. The van der Waals surface area contributed by atoms with Gasteiger partial charge in [-0.1, -0.05) is 42.4 Å². The number of para-hydroxylation sites is 1. The molecule has 130 valence electrons. The van der Waals surface area contributed by atoms with Crippen LogP contribution in [0.5, 0.6) is 5.75 Å². The predicted molar refractivity (Wildman–Crippen MR) is 98.6 cm³/mol. The topological polar surface area (TPSA) is 65.4 Å². The zero-order valence-electron chi connectivity index (χ0n) is 13.8. The van der Waals surface area contributed by atoms with Crippen LogP contribution < -0.4 is 4.74 Å². The quantitative estimate of drug-likeness (QED) is 0.451. The number of hydrogen-bond donors (Lipinski definition) is 0. The summed E-state index contributed by atoms with van der Waals surface area (Å²) in [6, 6.07) is 11.0. The van der Waals surface area contributed by atoms with E-state index in [9.17, 15) is 0 Å². The summed E-state index contributed by atoms with van der Waals surface area (Å²) in [5.74, 6) is 3.55. The summed E-state index contributed by atoms with van der Waals surface area (Å²) < 4.78 is 13.1. The first-order valence-electron chi connectivity index (χ1n) is 7.72. The normalized spacial score (nSPS) is 11.3. The number of nitrogens with zero attached hydrogens (tertiary/aromatic N) is 4. The molecule has 0 N–H and O–H groups in total. The van der Waals surface area contributed by atoms with E-state index in [1.54, 1.807) is 28.7 Å². The van der Waals surface area contributed by atoms with Gasteiger partial charge in [-0.2, -0.15) is 9.78 Å². The highest BCUT2D eigenvalue weighted by molar-refractivity contribution is 7.99. The molecule has 2 aromatic heterocycles. The van der Waals surface area contributed by atoms with Crippen LogP contribution in [-0.4, -0.2) is 26.8 Å². The van der Waals surface area contributed by atoms with Gasteiger partial charge in [-0.05, 0) is 36.9 Å². The Morgan fingerprint density at radius 2 is 2.12 bits per heavy atom. The molecule has 3 rings (SSSR count). The van der Waals surface area contributed by atoms with Crippen molar-refractivity contribution < 1.29 is 9.15 Å². The smallest absolute Gasteiger partial charge is 0.212 e. The fourth-order valence-corrected chi connectivity index (χ4v) is 2.91. The van der Waals surface area contributed by atoms with Crippen LogP contribution in [0, 0.1) is 6.92 Å². The molecule has 0 aliphatic heterocycles. The monoisotopic (exact) mass is 376 g/mol. The van der Waals surface area contributed by atoms with Gasteiger partial charge in [0.05, 0.1) is 11.2 Å². The maximum Gasteiger partial charge on any atom is 0.212 e. The first-order chi connectivity index (χ1) is 12.2. The minimum absolute atomic E-state index is 0.292. The van der Waals surface area contributed by atoms with Crippen LogP contribution in [0.4, 0.5) is 0 Å². The van der Waals surface area contributed by atoms with Crippen LogP contribution in [0.3, 0.4) is 0 Å². The first kappa shape index (κ1) is 17.6. The Kier molecular flexibility index (Phi) is 5.78. The fraction of sp³-hybridized carbons (Fsp3) is 0.235. The van der Waals surface area contributed by atoms with Crippen LogP contribution >= 0.6 is 23.4 Å². The SMILES string of the molecule is CCSc1nnc(C)n1/N=C/c1ccc(COc2ccccc2Cl)o1. The molecule has 0 amide bonds. The summed E-state index contributed by atoms with van der Waals surface area (Å²) in [7, 11) is 0. The number of halogens is 1. The van der Waals surface area contributed by atoms with E-state index >= 15 is 0 Å². The molecule has 0 radical (unpaired) electrons. The number of furan rings is 1. The number of aryl methyl sites for hydroxylation is 1. The Bertz CT molecular complexity index is 875. The molecular formula is C17H17ClN4O2S. The van der Waals surface area contributed by atoms with Gasteiger partial charge >= 0.3 is 0 Å². The molecule has 3 aromatic rings. The predicted octanol–water partition coefficient (Wildman–Crippen LogP) is 4.41. The fourth-order valence-electron chi connectivity index (χ4n) is 2.06. The maximum absolute atomic E-state index is 6.06. The molecular weight excluding hydrogens is 360 g/mol. The molecule has 0 fully saturated rings. The van der Waals surface area contributed by atoms with E-state index in [1.807, 2.05) is 37.3 Å². The summed E-state index contributed by atoms with van der Waals surface area (Å²) in [4.78, 5) is 0. The van der Waals surface area contributed by atoms with Gasteiger partial charge in [0.25, 0.3) is 0 Å².